The third kappa shape index (κ3) is 1.15. The lowest BCUT2D eigenvalue weighted by Crippen LogP contribution is -1.94. The maximum absolute atomic E-state index is 4.45. The van der Waals surface area contributed by atoms with Crippen molar-refractivity contribution >= 4 is 40.3 Å². The molecule has 0 aromatic carbocycles. The number of fused-ring (bicyclic) bond motifs is 1. The van der Waals surface area contributed by atoms with E-state index in [0.29, 0.717) is 0 Å². The van der Waals surface area contributed by atoms with Gasteiger partial charge in [0.1, 0.15) is 16.8 Å². The second-order valence-electron chi connectivity index (χ2n) is 2.62. The van der Waals surface area contributed by atoms with Crippen molar-refractivity contribution in [2.45, 2.75) is 5.37 Å². The summed E-state index contributed by atoms with van der Waals surface area (Å²) in [5.74, 6) is 0.795. The normalized spacial score (nSPS) is 24.5. The van der Waals surface area contributed by atoms with Crippen molar-refractivity contribution < 1.29 is 0 Å². The summed E-state index contributed by atoms with van der Waals surface area (Å²) in [5, 5.41) is 3.21. The van der Waals surface area contributed by atoms with Crippen LogP contribution in [0.15, 0.2) is 32.5 Å². The number of aliphatic imine (C=N–C) groups is 3. The van der Waals surface area contributed by atoms with Gasteiger partial charge in [-0.15, -0.1) is 11.3 Å². The number of nitrogens with zero attached hydrogens (tertiary/aromatic N) is 3. The Bertz CT molecular complexity index is 417. The standard InChI is InChI=1S/C8H5N3S2/c1-2-5(12-3-1)7-11-6-8(13-7)10-4-9-6/h1-4,7H. The third-order valence-electron chi connectivity index (χ3n) is 1.80. The van der Waals surface area contributed by atoms with Crippen LogP contribution in [0.1, 0.15) is 10.3 Å². The first-order valence-corrected chi connectivity index (χ1v) is 5.58. The molecule has 0 amide bonds. The van der Waals surface area contributed by atoms with Crippen LogP contribution in [0.5, 0.6) is 0 Å². The van der Waals surface area contributed by atoms with Gasteiger partial charge in [-0.2, -0.15) is 0 Å². The molecule has 0 bridgehead atoms. The molecule has 0 aliphatic carbocycles. The van der Waals surface area contributed by atoms with Gasteiger partial charge in [-0.05, 0) is 11.4 Å². The molecule has 1 aromatic heterocycles. The summed E-state index contributed by atoms with van der Waals surface area (Å²) in [6, 6.07) is 4.14. The summed E-state index contributed by atoms with van der Waals surface area (Å²) in [6.45, 7) is 0. The minimum atomic E-state index is 0.186. The lowest BCUT2D eigenvalue weighted by atomic mass is 10.5. The van der Waals surface area contributed by atoms with E-state index >= 15 is 0 Å². The second kappa shape index (κ2) is 2.78. The van der Waals surface area contributed by atoms with Crippen LogP contribution < -0.4 is 0 Å². The van der Waals surface area contributed by atoms with E-state index in [1.54, 1.807) is 29.4 Å². The van der Waals surface area contributed by atoms with E-state index in [-0.39, 0.29) is 5.37 Å². The molecule has 2 aliphatic heterocycles. The van der Waals surface area contributed by atoms with Crippen molar-refractivity contribution in [3.63, 3.8) is 0 Å². The number of rotatable bonds is 1. The van der Waals surface area contributed by atoms with Crippen molar-refractivity contribution in [2.75, 3.05) is 0 Å². The number of hydrogen-bond donors (Lipinski definition) is 0. The van der Waals surface area contributed by atoms with Gasteiger partial charge in [0, 0.05) is 4.88 Å². The van der Waals surface area contributed by atoms with Gasteiger partial charge in [-0.1, -0.05) is 17.8 Å². The third-order valence-corrected chi connectivity index (χ3v) is 3.96. The molecule has 2 aliphatic rings. The van der Waals surface area contributed by atoms with Gasteiger partial charge in [0.15, 0.2) is 5.84 Å². The molecule has 1 aromatic rings. The molecule has 3 rings (SSSR count). The highest BCUT2D eigenvalue weighted by molar-refractivity contribution is 8.16. The first kappa shape index (κ1) is 7.46. The van der Waals surface area contributed by atoms with E-state index in [0.717, 1.165) is 10.9 Å². The monoisotopic (exact) mass is 207 g/mol. The van der Waals surface area contributed by atoms with Gasteiger partial charge in [0.05, 0.1) is 0 Å². The molecule has 0 fully saturated rings. The average Bonchev–Trinajstić information content (AvgIpc) is 2.78. The van der Waals surface area contributed by atoms with Crippen LogP contribution in [0, 0.1) is 0 Å². The summed E-state index contributed by atoms with van der Waals surface area (Å²) >= 11 is 3.39. The number of amidine groups is 1. The zero-order chi connectivity index (χ0) is 8.67. The molecule has 0 saturated carbocycles. The van der Waals surface area contributed by atoms with Crippen molar-refractivity contribution in [2.24, 2.45) is 15.0 Å². The Morgan fingerprint density at radius 2 is 2.38 bits per heavy atom. The van der Waals surface area contributed by atoms with Gasteiger partial charge in [0.25, 0.3) is 0 Å². The Morgan fingerprint density at radius 1 is 1.38 bits per heavy atom. The average molecular weight is 207 g/mol. The molecule has 1 atom stereocenters. The van der Waals surface area contributed by atoms with Gasteiger partial charge in [-0.3, -0.25) is 0 Å². The van der Waals surface area contributed by atoms with E-state index in [4.69, 9.17) is 0 Å². The first-order valence-electron chi connectivity index (χ1n) is 3.82. The van der Waals surface area contributed by atoms with Crippen LogP contribution in [-0.4, -0.2) is 17.2 Å². The summed E-state index contributed by atoms with van der Waals surface area (Å²) in [6.07, 6.45) is 1.56. The minimum Gasteiger partial charge on any atom is -0.244 e. The van der Waals surface area contributed by atoms with Crippen LogP contribution in [0.4, 0.5) is 0 Å². The van der Waals surface area contributed by atoms with E-state index < -0.39 is 0 Å². The van der Waals surface area contributed by atoms with Crippen LogP contribution in [0.3, 0.4) is 0 Å². The molecule has 0 N–H and O–H groups in total. The Morgan fingerprint density at radius 3 is 3.15 bits per heavy atom. The summed E-state index contributed by atoms with van der Waals surface area (Å²) in [4.78, 5) is 13.9. The van der Waals surface area contributed by atoms with Gasteiger partial charge in [-0.25, -0.2) is 15.0 Å². The zero-order valence-electron chi connectivity index (χ0n) is 6.54. The fourth-order valence-electron chi connectivity index (χ4n) is 1.22. The van der Waals surface area contributed by atoms with Gasteiger partial charge in [0.2, 0.25) is 0 Å². The van der Waals surface area contributed by atoms with Crippen molar-refractivity contribution in [1.29, 1.82) is 0 Å². The number of thiophene rings is 1. The predicted octanol–water partition coefficient (Wildman–Crippen LogP) is 2.33. The van der Waals surface area contributed by atoms with Crippen molar-refractivity contribution in [3.05, 3.63) is 22.4 Å². The molecule has 3 heterocycles. The first-order chi connectivity index (χ1) is 6.43. The molecule has 13 heavy (non-hydrogen) atoms. The van der Waals surface area contributed by atoms with Crippen LogP contribution in [-0.2, 0) is 0 Å². The molecule has 0 spiro atoms. The van der Waals surface area contributed by atoms with Crippen LogP contribution >= 0.6 is 23.1 Å². The number of thioether (sulfide) groups is 1. The largest absolute Gasteiger partial charge is 0.244 e. The van der Waals surface area contributed by atoms with Crippen molar-refractivity contribution in [3.8, 4) is 0 Å². The van der Waals surface area contributed by atoms with E-state index in [9.17, 15) is 0 Å². The molecule has 0 saturated heterocycles. The minimum absolute atomic E-state index is 0.186. The maximum Gasteiger partial charge on any atom is 0.183 e. The smallest absolute Gasteiger partial charge is 0.183 e. The molecule has 3 nitrogen and oxygen atoms in total. The Kier molecular flexibility index (Phi) is 1.60. The van der Waals surface area contributed by atoms with E-state index in [1.807, 2.05) is 6.07 Å². The highest BCUT2D eigenvalue weighted by Crippen LogP contribution is 2.39. The Balaban J connectivity index is 1.96. The van der Waals surface area contributed by atoms with E-state index in [1.165, 1.54) is 4.88 Å². The maximum atomic E-state index is 4.45. The summed E-state index contributed by atoms with van der Waals surface area (Å²) < 4.78 is 0. The topological polar surface area (TPSA) is 37.1 Å². The molecular formula is C8H5N3S2. The second-order valence-corrected chi connectivity index (χ2v) is 4.67. The highest BCUT2D eigenvalue weighted by Gasteiger charge is 2.28. The lowest BCUT2D eigenvalue weighted by molar-refractivity contribution is 1.08. The molecule has 0 radical (unpaired) electrons. The Labute approximate surface area is 83.3 Å². The summed E-state index contributed by atoms with van der Waals surface area (Å²) in [5.41, 5.74) is 0. The van der Waals surface area contributed by atoms with Crippen molar-refractivity contribution in [1.82, 2.24) is 0 Å². The number of hydrogen-bond acceptors (Lipinski definition) is 5. The molecular weight excluding hydrogens is 202 g/mol. The SMILES string of the molecule is C1=NC2=NC(c3cccs3)SC2=N1. The van der Waals surface area contributed by atoms with Gasteiger partial charge < -0.3 is 0 Å². The van der Waals surface area contributed by atoms with Crippen LogP contribution in [0.2, 0.25) is 0 Å². The molecule has 1 unspecified atom stereocenters. The quantitative estimate of drug-likeness (QED) is 0.696. The van der Waals surface area contributed by atoms with Gasteiger partial charge >= 0.3 is 0 Å². The van der Waals surface area contributed by atoms with E-state index in [2.05, 4.69) is 26.4 Å². The summed E-state index contributed by atoms with van der Waals surface area (Å²) in [7, 11) is 0. The van der Waals surface area contributed by atoms with Crippen LogP contribution in [0.25, 0.3) is 0 Å². The predicted molar refractivity (Wildman–Crippen MR) is 58.0 cm³/mol. The highest BCUT2D eigenvalue weighted by atomic mass is 32.2. The zero-order valence-corrected chi connectivity index (χ0v) is 8.18. The fourth-order valence-corrected chi connectivity index (χ4v) is 3.05. The molecule has 5 heteroatoms. The Hall–Kier alpha value is -0.940. The lowest BCUT2D eigenvalue weighted by Gasteiger charge is -1.99. The molecule has 64 valence electrons. The fraction of sp³-hybridized carbons (Fsp3) is 0.125.